The quantitative estimate of drug-likeness (QED) is 0.887. The molecule has 1 aromatic carbocycles. The maximum Gasteiger partial charge on any atom is 0.273 e. The Balaban J connectivity index is 1.34. The molecule has 2 fully saturated rings. The summed E-state index contributed by atoms with van der Waals surface area (Å²) < 4.78 is 5.31. The Hall–Kier alpha value is -2.14. The van der Waals surface area contributed by atoms with Crippen LogP contribution in [-0.4, -0.2) is 42.1 Å². The van der Waals surface area contributed by atoms with Crippen molar-refractivity contribution in [1.29, 1.82) is 0 Å². The van der Waals surface area contributed by atoms with Crippen LogP contribution in [-0.2, 0) is 0 Å². The van der Waals surface area contributed by atoms with Gasteiger partial charge in [0.1, 0.15) is 0 Å². The van der Waals surface area contributed by atoms with Crippen LogP contribution in [0.2, 0.25) is 0 Å². The van der Waals surface area contributed by atoms with E-state index in [1.807, 2.05) is 30.3 Å². The van der Waals surface area contributed by atoms with Gasteiger partial charge in [0.15, 0.2) is 11.5 Å². The zero-order chi connectivity index (χ0) is 16.4. The van der Waals surface area contributed by atoms with Gasteiger partial charge in [-0.25, -0.2) is 0 Å². The number of nitrogens with zero attached hydrogens (tertiary/aromatic N) is 2. The minimum atomic E-state index is -0.145. The number of carbonyl (C=O) groups is 1. The number of likely N-dealkylation sites (tertiary alicyclic amines) is 1. The van der Waals surface area contributed by atoms with Gasteiger partial charge in [0.2, 0.25) is 0 Å². The van der Waals surface area contributed by atoms with Gasteiger partial charge in [0.25, 0.3) is 5.91 Å². The number of carbonyl (C=O) groups excluding carboxylic acids is 1. The fraction of sp³-hybridized carbons (Fsp3) is 0.474. The molecule has 4 rings (SSSR count). The third-order valence-electron chi connectivity index (χ3n) is 5.14. The average Bonchev–Trinajstić information content (AvgIpc) is 3.03. The highest BCUT2D eigenvalue weighted by Gasteiger charge is 2.44. The van der Waals surface area contributed by atoms with Crippen molar-refractivity contribution in [2.24, 2.45) is 5.41 Å². The highest BCUT2D eigenvalue weighted by atomic mass is 16.5. The Labute approximate surface area is 142 Å². The number of hydrogen-bond donors (Lipinski definition) is 1. The van der Waals surface area contributed by atoms with Crippen molar-refractivity contribution in [2.45, 2.75) is 25.7 Å². The molecule has 2 aromatic rings. The smallest absolute Gasteiger partial charge is 0.273 e. The molecule has 0 unspecified atom stereocenters. The molecule has 0 bridgehead atoms. The molecule has 5 heteroatoms. The number of amides is 1. The number of hydrogen-bond acceptors (Lipinski definition) is 4. The van der Waals surface area contributed by atoms with Gasteiger partial charge in [-0.1, -0.05) is 35.5 Å². The van der Waals surface area contributed by atoms with Gasteiger partial charge >= 0.3 is 0 Å². The normalized spacial score (nSPS) is 19.3. The topological polar surface area (TPSA) is 58.4 Å². The summed E-state index contributed by atoms with van der Waals surface area (Å²) in [6, 6.07) is 11.4. The second-order valence-electron chi connectivity index (χ2n) is 7.11. The first-order valence-electron chi connectivity index (χ1n) is 8.77. The van der Waals surface area contributed by atoms with E-state index in [1.165, 1.54) is 38.8 Å². The maximum absolute atomic E-state index is 12.4. The largest absolute Gasteiger partial charge is 0.355 e. The van der Waals surface area contributed by atoms with E-state index >= 15 is 0 Å². The predicted molar refractivity (Wildman–Crippen MR) is 91.6 cm³/mol. The third kappa shape index (κ3) is 3.36. The van der Waals surface area contributed by atoms with E-state index < -0.39 is 0 Å². The monoisotopic (exact) mass is 325 g/mol. The molecular formula is C19H23N3O2. The van der Waals surface area contributed by atoms with E-state index in [4.69, 9.17) is 4.52 Å². The summed E-state index contributed by atoms with van der Waals surface area (Å²) in [5.74, 6) is 0.479. The van der Waals surface area contributed by atoms with E-state index in [1.54, 1.807) is 6.07 Å². The Bertz CT molecular complexity index is 700. The van der Waals surface area contributed by atoms with Crippen LogP contribution in [0.25, 0.3) is 11.3 Å². The molecular weight excluding hydrogens is 302 g/mol. The van der Waals surface area contributed by atoms with Crippen LogP contribution < -0.4 is 5.32 Å². The summed E-state index contributed by atoms with van der Waals surface area (Å²) in [7, 11) is 0. The molecule has 24 heavy (non-hydrogen) atoms. The molecule has 0 atom stereocenters. The number of nitrogens with one attached hydrogen (secondary N) is 1. The minimum Gasteiger partial charge on any atom is -0.355 e. The second kappa shape index (κ2) is 6.40. The lowest BCUT2D eigenvalue weighted by Crippen LogP contribution is -2.37. The van der Waals surface area contributed by atoms with Crippen molar-refractivity contribution in [2.75, 3.05) is 26.2 Å². The molecule has 1 aliphatic heterocycles. The molecule has 126 valence electrons. The summed E-state index contributed by atoms with van der Waals surface area (Å²) in [5, 5.41) is 6.97. The van der Waals surface area contributed by atoms with E-state index in [0.717, 1.165) is 18.7 Å². The van der Waals surface area contributed by atoms with E-state index in [2.05, 4.69) is 15.4 Å². The van der Waals surface area contributed by atoms with Crippen molar-refractivity contribution >= 4 is 5.91 Å². The molecule has 1 saturated heterocycles. The first-order valence-corrected chi connectivity index (χ1v) is 8.77. The van der Waals surface area contributed by atoms with Gasteiger partial charge in [-0.3, -0.25) is 4.79 Å². The van der Waals surface area contributed by atoms with Crippen LogP contribution in [0.5, 0.6) is 0 Å². The molecule has 2 aliphatic rings. The first-order chi connectivity index (χ1) is 11.7. The molecule has 5 nitrogen and oxygen atoms in total. The predicted octanol–water partition coefficient (Wildman–Crippen LogP) is 2.95. The molecule has 1 aromatic heterocycles. The highest BCUT2D eigenvalue weighted by Crippen LogP contribution is 2.46. The lowest BCUT2D eigenvalue weighted by Gasteiger charge is -2.23. The standard InChI is InChI=1S/C19H23N3O2/c23-18(16-12-17(24-21-16)15-6-2-1-3-7-15)20-13-19(8-9-19)14-22-10-4-5-11-22/h1-3,6-7,12H,4-5,8-11,13-14H2,(H,20,23). The van der Waals surface area contributed by atoms with Crippen LogP contribution in [0.15, 0.2) is 40.9 Å². The molecule has 1 N–H and O–H groups in total. The fourth-order valence-electron chi connectivity index (χ4n) is 3.46. The van der Waals surface area contributed by atoms with Gasteiger partial charge in [-0.05, 0) is 38.8 Å². The lowest BCUT2D eigenvalue weighted by molar-refractivity contribution is 0.0931. The molecule has 0 radical (unpaired) electrons. The summed E-state index contributed by atoms with van der Waals surface area (Å²) in [6.07, 6.45) is 5.03. The van der Waals surface area contributed by atoms with Gasteiger partial charge in [-0.2, -0.15) is 0 Å². The molecule has 1 amide bonds. The number of aromatic nitrogens is 1. The van der Waals surface area contributed by atoms with E-state index in [-0.39, 0.29) is 11.3 Å². The van der Waals surface area contributed by atoms with Crippen LogP contribution >= 0.6 is 0 Å². The fourth-order valence-corrected chi connectivity index (χ4v) is 3.46. The molecule has 1 saturated carbocycles. The van der Waals surface area contributed by atoms with Crippen LogP contribution in [0, 0.1) is 5.41 Å². The van der Waals surface area contributed by atoms with Gasteiger partial charge < -0.3 is 14.7 Å². The zero-order valence-electron chi connectivity index (χ0n) is 13.8. The lowest BCUT2D eigenvalue weighted by atomic mass is 10.1. The summed E-state index contributed by atoms with van der Waals surface area (Å²) in [4.78, 5) is 14.9. The van der Waals surface area contributed by atoms with Crippen molar-refractivity contribution in [3.63, 3.8) is 0 Å². The van der Waals surface area contributed by atoms with Gasteiger partial charge in [0.05, 0.1) is 0 Å². The molecule has 1 aliphatic carbocycles. The SMILES string of the molecule is O=C(NCC1(CN2CCCC2)CC1)c1cc(-c2ccccc2)on1. The number of benzene rings is 1. The third-order valence-corrected chi connectivity index (χ3v) is 5.14. The molecule has 0 spiro atoms. The average molecular weight is 325 g/mol. The highest BCUT2D eigenvalue weighted by molar-refractivity contribution is 5.93. The molecule has 2 heterocycles. The Morgan fingerprint density at radius 2 is 1.96 bits per heavy atom. The van der Waals surface area contributed by atoms with Crippen LogP contribution in [0.3, 0.4) is 0 Å². The summed E-state index contributed by atoms with van der Waals surface area (Å²) in [5.41, 5.74) is 1.56. The van der Waals surface area contributed by atoms with Crippen LogP contribution in [0.1, 0.15) is 36.2 Å². The van der Waals surface area contributed by atoms with Gasteiger partial charge in [0, 0.05) is 30.1 Å². The zero-order valence-corrected chi connectivity index (χ0v) is 13.8. The minimum absolute atomic E-state index is 0.145. The van der Waals surface area contributed by atoms with Crippen molar-refractivity contribution in [3.8, 4) is 11.3 Å². The summed E-state index contributed by atoms with van der Waals surface area (Å²) in [6.45, 7) is 4.26. The van der Waals surface area contributed by atoms with E-state index in [0.29, 0.717) is 11.5 Å². The maximum atomic E-state index is 12.4. The summed E-state index contributed by atoms with van der Waals surface area (Å²) >= 11 is 0. The van der Waals surface area contributed by atoms with E-state index in [9.17, 15) is 4.79 Å². The van der Waals surface area contributed by atoms with Gasteiger partial charge in [-0.15, -0.1) is 0 Å². The number of rotatable bonds is 6. The Kier molecular flexibility index (Phi) is 4.10. The Morgan fingerprint density at radius 1 is 1.21 bits per heavy atom. The first kappa shape index (κ1) is 15.4. The van der Waals surface area contributed by atoms with Crippen LogP contribution in [0.4, 0.5) is 0 Å². The van der Waals surface area contributed by atoms with Crippen molar-refractivity contribution < 1.29 is 9.32 Å². The van der Waals surface area contributed by atoms with Crippen molar-refractivity contribution in [3.05, 3.63) is 42.1 Å². The second-order valence-corrected chi connectivity index (χ2v) is 7.11. The van der Waals surface area contributed by atoms with Crippen molar-refractivity contribution in [1.82, 2.24) is 15.4 Å². The Morgan fingerprint density at radius 3 is 2.67 bits per heavy atom.